The topological polar surface area (TPSA) is 114 Å². The summed E-state index contributed by atoms with van der Waals surface area (Å²) in [6.45, 7) is 5.43. The van der Waals surface area contributed by atoms with Crippen molar-refractivity contribution in [2.24, 2.45) is 5.92 Å². The summed E-state index contributed by atoms with van der Waals surface area (Å²) >= 11 is 0. The van der Waals surface area contributed by atoms with E-state index in [-0.39, 0.29) is 6.79 Å². The highest BCUT2D eigenvalue weighted by Gasteiger charge is 2.49. The number of benzene rings is 2. The first-order valence-electron chi connectivity index (χ1n) is 11.2. The second-order valence-electron chi connectivity index (χ2n) is 8.89. The SMILES string of the molecule is COc1ccc(C2C(C(=O)O)C(c3ccc4c(c3)OCO4)CN2C(C)NS(=O)(=O)C(C)C)cc1. The van der Waals surface area contributed by atoms with Crippen LogP contribution >= 0.6 is 0 Å². The minimum absolute atomic E-state index is 0.125. The van der Waals surface area contributed by atoms with Crippen LogP contribution in [0.25, 0.3) is 0 Å². The lowest BCUT2D eigenvalue weighted by atomic mass is 9.82. The largest absolute Gasteiger partial charge is 0.497 e. The van der Waals surface area contributed by atoms with Crippen LogP contribution in [-0.2, 0) is 14.8 Å². The molecule has 10 heteroatoms. The number of sulfonamides is 1. The van der Waals surface area contributed by atoms with Crippen LogP contribution in [0.1, 0.15) is 43.9 Å². The van der Waals surface area contributed by atoms with Gasteiger partial charge in [-0.05, 0) is 56.2 Å². The Morgan fingerprint density at radius 1 is 1.09 bits per heavy atom. The Hall–Kier alpha value is -2.82. The molecule has 0 saturated carbocycles. The number of likely N-dealkylation sites (tertiary alicyclic amines) is 1. The zero-order valence-corrected chi connectivity index (χ0v) is 20.4. The number of aliphatic carboxylic acids is 1. The van der Waals surface area contributed by atoms with Gasteiger partial charge in [-0.25, -0.2) is 8.42 Å². The molecule has 2 N–H and O–H groups in total. The average Bonchev–Trinajstić information content (AvgIpc) is 3.43. The summed E-state index contributed by atoms with van der Waals surface area (Å²) in [5, 5.41) is 9.73. The molecule has 2 aliphatic heterocycles. The van der Waals surface area contributed by atoms with Crippen molar-refractivity contribution < 1.29 is 32.5 Å². The van der Waals surface area contributed by atoms with Crippen LogP contribution in [0.2, 0.25) is 0 Å². The van der Waals surface area contributed by atoms with Crippen molar-refractivity contribution in [1.82, 2.24) is 9.62 Å². The summed E-state index contributed by atoms with van der Waals surface area (Å²) in [5.74, 6) is -0.319. The zero-order valence-electron chi connectivity index (χ0n) is 19.6. The van der Waals surface area contributed by atoms with Crippen LogP contribution < -0.4 is 18.9 Å². The van der Waals surface area contributed by atoms with E-state index in [4.69, 9.17) is 14.2 Å². The molecule has 4 atom stereocenters. The van der Waals surface area contributed by atoms with Crippen molar-refractivity contribution in [2.45, 2.75) is 44.1 Å². The first kappa shape index (κ1) is 24.3. The minimum atomic E-state index is -3.57. The Balaban J connectivity index is 1.76. The minimum Gasteiger partial charge on any atom is -0.497 e. The van der Waals surface area contributed by atoms with Crippen LogP contribution in [0, 0.1) is 5.92 Å². The van der Waals surface area contributed by atoms with Gasteiger partial charge in [-0.2, -0.15) is 4.72 Å². The number of nitrogens with zero attached hydrogens (tertiary/aromatic N) is 1. The third-order valence-corrected chi connectivity index (χ3v) is 8.47. The average molecular weight is 491 g/mol. The molecule has 0 radical (unpaired) electrons. The molecule has 2 aromatic carbocycles. The van der Waals surface area contributed by atoms with E-state index in [9.17, 15) is 18.3 Å². The number of hydrogen-bond acceptors (Lipinski definition) is 7. The zero-order chi connectivity index (χ0) is 24.6. The van der Waals surface area contributed by atoms with Crippen LogP contribution in [0.3, 0.4) is 0 Å². The Morgan fingerprint density at radius 3 is 2.35 bits per heavy atom. The number of carboxylic acids is 1. The number of rotatable bonds is 8. The molecular weight excluding hydrogens is 460 g/mol. The lowest BCUT2D eigenvalue weighted by Gasteiger charge is -2.33. The fraction of sp³-hybridized carbons (Fsp3) is 0.458. The highest BCUT2D eigenvalue weighted by atomic mass is 32.2. The third kappa shape index (κ3) is 4.57. The lowest BCUT2D eigenvalue weighted by molar-refractivity contribution is -0.143. The van der Waals surface area contributed by atoms with Crippen LogP contribution in [0.15, 0.2) is 42.5 Å². The Kier molecular flexibility index (Phi) is 6.75. The predicted octanol–water partition coefficient (Wildman–Crippen LogP) is 2.94. The third-order valence-electron chi connectivity index (χ3n) is 6.56. The number of ether oxygens (including phenoxy) is 3. The molecule has 1 fully saturated rings. The number of nitrogens with one attached hydrogen (secondary N) is 1. The van der Waals surface area contributed by atoms with Crippen molar-refractivity contribution in [3.63, 3.8) is 0 Å². The van der Waals surface area contributed by atoms with Gasteiger partial charge in [0.05, 0.1) is 30.5 Å². The highest BCUT2D eigenvalue weighted by Crippen LogP contribution is 2.48. The molecule has 2 heterocycles. The molecule has 34 heavy (non-hydrogen) atoms. The molecule has 4 unspecified atom stereocenters. The summed E-state index contributed by atoms with van der Waals surface area (Å²) in [5.41, 5.74) is 1.57. The lowest BCUT2D eigenvalue weighted by Crippen LogP contribution is -2.48. The van der Waals surface area contributed by atoms with E-state index in [1.165, 1.54) is 0 Å². The Labute approximate surface area is 199 Å². The van der Waals surface area contributed by atoms with Gasteiger partial charge in [0.15, 0.2) is 11.5 Å². The maximum atomic E-state index is 12.6. The van der Waals surface area contributed by atoms with Crippen molar-refractivity contribution in [2.75, 3.05) is 20.4 Å². The van der Waals surface area contributed by atoms with E-state index in [1.807, 2.05) is 29.2 Å². The summed E-state index contributed by atoms with van der Waals surface area (Å²) < 4.78 is 44.1. The summed E-state index contributed by atoms with van der Waals surface area (Å²) in [6, 6.07) is 12.1. The Bertz CT molecular complexity index is 1150. The molecule has 0 spiro atoms. The summed E-state index contributed by atoms with van der Waals surface area (Å²) in [4.78, 5) is 14.6. The molecule has 2 aromatic rings. The van der Waals surface area contributed by atoms with Crippen LogP contribution in [0.5, 0.6) is 17.2 Å². The van der Waals surface area contributed by atoms with Crippen LogP contribution in [-0.4, -0.2) is 56.3 Å². The molecule has 2 aliphatic rings. The quantitative estimate of drug-likeness (QED) is 0.581. The summed E-state index contributed by atoms with van der Waals surface area (Å²) in [7, 11) is -2.01. The number of carboxylic acid groups (broad SMARTS) is 1. The van der Waals surface area contributed by atoms with E-state index in [2.05, 4.69) is 4.72 Å². The molecule has 0 bridgehead atoms. The van der Waals surface area contributed by atoms with Gasteiger partial charge >= 0.3 is 5.97 Å². The fourth-order valence-corrected chi connectivity index (χ4v) is 5.57. The van der Waals surface area contributed by atoms with Gasteiger partial charge in [-0.3, -0.25) is 9.69 Å². The normalized spacial score (nSPS) is 23.3. The van der Waals surface area contributed by atoms with Crippen molar-refractivity contribution in [3.8, 4) is 17.2 Å². The van der Waals surface area contributed by atoms with Gasteiger partial charge in [0, 0.05) is 12.5 Å². The number of methoxy groups -OCH3 is 1. The molecule has 0 aromatic heterocycles. The molecule has 4 rings (SSSR count). The first-order chi connectivity index (χ1) is 16.1. The smallest absolute Gasteiger partial charge is 0.309 e. The summed E-state index contributed by atoms with van der Waals surface area (Å²) in [6.07, 6.45) is -0.625. The van der Waals surface area contributed by atoms with Gasteiger partial charge in [-0.1, -0.05) is 18.2 Å². The van der Waals surface area contributed by atoms with E-state index in [0.717, 1.165) is 11.1 Å². The molecule has 184 valence electrons. The first-order valence-corrected chi connectivity index (χ1v) is 12.7. The second kappa shape index (κ2) is 9.44. The van der Waals surface area contributed by atoms with Gasteiger partial charge < -0.3 is 19.3 Å². The number of carbonyl (C=O) groups is 1. The molecular formula is C24H30N2O7S. The van der Waals surface area contributed by atoms with Crippen molar-refractivity contribution >= 4 is 16.0 Å². The predicted molar refractivity (Wildman–Crippen MR) is 126 cm³/mol. The molecule has 0 aliphatic carbocycles. The standard InChI is InChI=1S/C24H30N2O7S/c1-14(2)34(29,30)25-15(3)26-12-19(17-7-10-20-21(11-17)33-13-32-20)22(24(27)28)23(26)16-5-8-18(31-4)9-6-16/h5-11,14-15,19,22-23,25H,12-13H2,1-4H3,(H,27,28). The number of fused-ring (bicyclic) bond motifs is 1. The molecule has 1 saturated heterocycles. The monoisotopic (exact) mass is 490 g/mol. The van der Waals surface area contributed by atoms with Gasteiger partial charge in [0.1, 0.15) is 5.75 Å². The maximum absolute atomic E-state index is 12.6. The van der Waals surface area contributed by atoms with Crippen LogP contribution in [0.4, 0.5) is 0 Å². The van der Waals surface area contributed by atoms with Gasteiger partial charge in [-0.15, -0.1) is 0 Å². The number of hydrogen-bond donors (Lipinski definition) is 2. The second-order valence-corrected chi connectivity index (χ2v) is 11.2. The highest BCUT2D eigenvalue weighted by molar-refractivity contribution is 7.90. The van der Waals surface area contributed by atoms with Crippen molar-refractivity contribution in [3.05, 3.63) is 53.6 Å². The molecule has 0 amide bonds. The van der Waals surface area contributed by atoms with Gasteiger partial charge in [0.2, 0.25) is 16.8 Å². The van der Waals surface area contributed by atoms with E-state index < -0.39 is 45.3 Å². The maximum Gasteiger partial charge on any atom is 0.309 e. The van der Waals surface area contributed by atoms with Gasteiger partial charge in [0.25, 0.3) is 0 Å². The molecule has 9 nitrogen and oxygen atoms in total. The Morgan fingerprint density at radius 2 is 1.74 bits per heavy atom. The van der Waals surface area contributed by atoms with E-state index >= 15 is 0 Å². The van der Waals surface area contributed by atoms with Crippen molar-refractivity contribution in [1.29, 1.82) is 0 Å². The van der Waals surface area contributed by atoms with E-state index in [1.54, 1.807) is 46.1 Å². The van der Waals surface area contributed by atoms with E-state index in [0.29, 0.717) is 23.8 Å². The fourth-order valence-electron chi connectivity index (χ4n) is 4.68.